The van der Waals surface area contributed by atoms with Gasteiger partial charge in [-0.25, -0.2) is 4.98 Å². The number of aromatic nitrogens is 2. The van der Waals surface area contributed by atoms with E-state index in [4.69, 9.17) is 0 Å². The molecular weight excluding hydrogens is 360 g/mol. The third-order valence-corrected chi connectivity index (χ3v) is 5.67. The SMILES string of the molecule is Cn1c(=NC(=O)c2ccc3ncsc3c2)sc2cc([N+](=O)[O-])ccc21. The zero-order valence-corrected chi connectivity index (χ0v) is 14.5. The molecule has 0 radical (unpaired) electrons. The summed E-state index contributed by atoms with van der Waals surface area (Å²) in [7, 11) is 1.78. The molecule has 0 spiro atoms. The van der Waals surface area contributed by atoms with E-state index in [0.717, 1.165) is 15.7 Å². The van der Waals surface area contributed by atoms with Gasteiger partial charge in [0.25, 0.3) is 11.6 Å². The van der Waals surface area contributed by atoms with Crippen LogP contribution in [-0.4, -0.2) is 20.4 Å². The van der Waals surface area contributed by atoms with Crippen LogP contribution in [0.3, 0.4) is 0 Å². The molecule has 0 atom stereocenters. The van der Waals surface area contributed by atoms with E-state index in [1.807, 2.05) is 0 Å². The number of amides is 1. The highest BCUT2D eigenvalue weighted by Gasteiger charge is 2.12. The maximum absolute atomic E-state index is 12.5. The van der Waals surface area contributed by atoms with Crippen molar-refractivity contribution in [2.75, 3.05) is 0 Å². The molecule has 25 heavy (non-hydrogen) atoms. The van der Waals surface area contributed by atoms with Crippen LogP contribution in [0.25, 0.3) is 20.4 Å². The molecule has 124 valence electrons. The van der Waals surface area contributed by atoms with Crippen molar-refractivity contribution >= 4 is 54.7 Å². The smallest absolute Gasteiger partial charge is 0.279 e. The summed E-state index contributed by atoms with van der Waals surface area (Å²) in [4.78, 5) is 31.8. The maximum Gasteiger partial charge on any atom is 0.279 e. The number of carbonyl (C=O) groups is 1. The average molecular weight is 370 g/mol. The summed E-state index contributed by atoms with van der Waals surface area (Å²) >= 11 is 2.71. The van der Waals surface area contributed by atoms with Gasteiger partial charge in [0.2, 0.25) is 0 Å². The van der Waals surface area contributed by atoms with Crippen LogP contribution in [0, 0.1) is 10.1 Å². The Hall–Kier alpha value is -2.91. The number of aryl methyl sites for hydroxylation is 1. The minimum absolute atomic E-state index is 0.0165. The lowest BCUT2D eigenvalue weighted by Gasteiger charge is -1.96. The Morgan fingerprint density at radius 2 is 2.08 bits per heavy atom. The largest absolute Gasteiger partial charge is 0.319 e. The predicted octanol–water partition coefficient (Wildman–Crippen LogP) is 3.50. The molecule has 2 heterocycles. The lowest BCUT2D eigenvalue weighted by atomic mass is 10.2. The Labute approximate surface area is 148 Å². The van der Waals surface area contributed by atoms with Gasteiger partial charge in [0, 0.05) is 24.7 Å². The van der Waals surface area contributed by atoms with E-state index >= 15 is 0 Å². The van der Waals surface area contributed by atoms with Gasteiger partial charge in [-0.15, -0.1) is 11.3 Å². The summed E-state index contributed by atoms with van der Waals surface area (Å²) in [6, 6.07) is 9.87. The van der Waals surface area contributed by atoms with E-state index in [9.17, 15) is 14.9 Å². The molecule has 9 heteroatoms. The first-order chi connectivity index (χ1) is 12.0. The van der Waals surface area contributed by atoms with Gasteiger partial charge in [0.05, 0.1) is 30.9 Å². The van der Waals surface area contributed by atoms with E-state index in [1.165, 1.54) is 34.8 Å². The Morgan fingerprint density at radius 3 is 2.88 bits per heavy atom. The van der Waals surface area contributed by atoms with Crippen molar-refractivity contribution < 1.29 is 9.72 Å². The number of benzene rings is 2. The van der Waals surface area contributed by atoms with Crippen LogP contribution < -0.4 is 4.80 Å². The third kappa shape index (κ3) is 2.73. The molecule has 0 saturated heterocycles. The molecule has 7 nitrogen and oxygen atoms in total. The number of hydrogen-bond donors (Lipinski definition) is 0. The minimum Gasteiger partial charge on any atom is -0.319 e. The van der Waals surface area contributed by atoms with Gasteiger partial charge in [-0.05, 0) is 24.3 Å². The molecule has 4 rings (SSSR count). The maximum atomic E-state index is 12.5. The van der Waals surface area contributed by atoms with Crippen LogP contribution in [-0.2, 0) is 7.05 Å². The zero-order valence-electron chi connectivity index (χ0n) is 12.9. The Morgan fingerprint density at radius 1 is 1.24 bits per heavy atom. The zero-order chi connectivity index (χ0) is 17.6. The predicted molar refractivity (Wildman–Crippen MR) is 97.0 cm³/mol. The fraction of sp³-hybridized carbons (Fsp3) is 0.0625. The number of nitro benzene ring substituents is 1. The average Bonchev–Trinajstić information content (AvgIpc) is 3.18. The van der Waals surface area contributed by atoms with Gasteiger partial charge in [0.1, 0.15) is 0 Å². The number of non-ortho nitro benzene ring substituents is 1. The quantitative estimate of drug-likeness (QED) is 0.399. The molecule has 0 N–H and O–H groups in total. The molecule has 2 aromatic heterocycles. The van der Waals surface area contributed by atoms with Crippen molar-refractivity contribution in [2.24, 2.45) is 12.0 Å². The second kappa shape index (κ2) is 5.87. The fourth-order valence-corrected chi connectivity index (χ4v) is 4.25. The Kier molecular flexibility index (Phi) is 3.66. The monoisotopic (exact) mass is 370 g/mol. The van der Waals surface area contributed by atoms with E-state index in [1.54, 1.807) is 41.4 Å². The topological polar surface area (TPSA) is 90.4 Å². The lowest BCUT2D eigenvalue weighted by molar-refractivity contribution is -0.384. The lowest BCUT2D eigenvalue weighted by Crippen LogP contribution is -2.13. The Balaban J connectivity index is 1.80. The molecule has 0 saturated carbocycles. The van der Waals surface area contributed by atoms with Crippen molar-refractivity contribution in [1.82, 2.24) is 9.55 Å². The number of nitrogens with zero attached hydrogens (tertiary/aromatic N) is 4. The number of nitro groups is 1. The highest BCUT2D eigenvalue weighted by atomic mass is 32.1. The third-order valence-electron chi connectivity index (χ3n) is 3.78. The molecule has 2 aromatic carbocycles. The van der Waals surface area contributed by atoms with E-state index in [2.05, 4.69) is 9.98 Å². The number of hydrogen-bond acceptors (Lipinski definition) is 6. The number of rotatable bonds is 2. The Bertz CT molecular complexity index is 1220. The van der Waals surface area contributed by atoms with Gasteiger partial charge in [-0.3, -0.25) is 14.9 Å². The first kappa shape index (κ1) is 15.6. The second-order valence-corrected chi connectivity index (χ2v) is 7.20. The molecule has 0 fully saturated rings. The molecule has 1 amide bonds. The van der Waals surface area contributed by atoms with Crippen LogP contribution in [0.4, 0.5) is 5.69 Å². The minimum atomic E-state index is -0.439. The molecule has 0 aliphatic rings. The van der Waals surface area contributed by atoms with Crippen molar-refractivity contribution in [3.05, 3.63) is 62.4 Å². The van der Waals surface area contributed by atoms with Crippen molar-refractivity contribution in [3.8, 4) is 0 Å². The van der Waals surface area contributed by atoms with Crippen LogP contribution in [0.5, 0.6) is 0 Å². The van der Waals surface area contributed by atoms with Gasteiger partial charge in [0.15, 0.2) is 4.80 Å². The number of thiazole rings is 2. The normalized spacial score (nSPS) is 12.1. The van der Waals surface area contributed by atoms with Gasteiger partial charge >= 0.3 is 0 Å². The first-order valence-electron chi connectivity index (χ1n) is 7.19. The van der Waals surface area contributed by atoms with Gasteiger partial charge in [-0.1, -0.05) is 11.3 Å². The summed E-state index contributed by atoms with van der Waals surface area (Å²) in [5.74, 6) is -0.355. The van der Waals surface area contributed by atoms with Crippen LogP contribution in [0.2, 0.25) is 0 Å². The van der Waals surface area contributed by atoms with Crippen LogP contribution in [0.15, 0.2) is 46.9 Å². The summed E-state index contributed by atoms with van der Waals surface area (Å²) in [6.07, 6.45) is 0. The molecule has 0 bridgehead atoms. The summed E-state index contributed by atoms with van der Waals surface area (Å²) < 4.78 is 3.39. The van der Waals surface area contributed by atoms with Gasteiger partial charge < -0.3 is 4.57 Å². The first-order valence-corrected chi connectivity index (χ1v) is 8.89. The van der Waals surface area contributed by atoms with E-state index in [-0.39, 0.29) is 11.6 Å². The molecule has 0 aliphatic heterocycles. The molecule has 0 unspecified atom stereocenters. The molecule has 0 aliphatic carbocycles. The summed E-state index contributed by atoms with van der Waals surface area (Å²) in [5, 5.41) is 10.9. The highest BCUT2D eigenvalue weighted by molar-refractivity contribution is 7.17. The highest BCUT2D eigenvalue weighted by Crippen LogP contribution is 2.23. The summed E-state index contributed by atoms with van der Waals surface area (Å²) in [5.41, 5.74) is 3.87. The molecule has 4 aromatic rings. The standard InChI is InChI=1S/C16H10N4O3S2/c1-19-12-5-3-10(20(22)23)7-14(12)25-16(19)18-15(21)9-2-4-11-13(6-9)24-8-17-11/h2-8H,1H3. The summed E-state index contributed by atoms with van der Waals surface area (Å²) in [6.45, 7) is 0. The van der Waals surface area contributed by atoms with Crippen LogP contribution >= 0.6 is 22.7 Å². The second-order valence-electron chi connectivity index (χ2n) is 5.30. The van der Waals surface area contributed by atoms with E-state index < -0.39 is 4.92 Å². The van der Waals surface area contributed by atoms with Crippen molar-refractivity contribution in [2.45, 2.75) is 0 Å². The van der Waals surface area contributed by atoms with Crippen molar-refractivity contribution in [1.29, 1.82) is 0 Å². The number of carbonyl (C=O) groups excluding carboxylic acids is 1. The fourth-order valence-electron chi connectivity index (χ4n) is 2.48. The number of fused-ring (bicyclic) bond motifs is 2. The van der Waals surface area contributed by atoms with E-state index in [0.29, 0.717) is 15.1 Å². The molecular formula is C16H10N4O3S2. The van der Waals surface area contributed by atoms with Gasteiger partial charge in [-0.2, -0.15) is 4.99 Å². The van der Waals surface area contributed by atoms with Crippen molar-refractivity contribution in [3.63, 3.8) is 0 Å². The van der Waals surface area contributed by atoms with Crippen LogP contribution in [0.1, 0.15) is 10.4 Å².